The van der Waals surface area contributed by atoms with Gasteiger partial charge in [0.2, 0.25) is 5.89 Å². The van der Waals surface area contributed by atoms with E-state index in [9.17, 15) is 0 Å². The summed E-state index contributed by atoms with van der Waals surface area (Å²) in [6.45, 7) is 12.7. The molecule has 1 saturated heterocycles. The normalized spacial score (nSPS) is 19.6. The second-order valence-electron chi connectivity index (χ2n) is 7.03. The molecule has 0 aliphatic carbocycles. The molecular weight excluding hydrogens is 374 g/mol. The van der Waals surface area contributed by atoms with Crippen molar-refractivity contribution < 1.29 is 9.15 Å². The van der Waals surface area contributed by atoms with Gasteiger partial charge in [0, 0.05) is 31.1 Å². The van der Waals surface area contributed by atoms with Gasteiger partial charge >= 0.3 is 0 Å². The standard InChI is InChI=1S/C20H31N5O2S/c1-5-21-20(23-12-19-24-15(3)16(4)27-19)22-11-17(18-7-6-10-28-18)25-8-9-26-14(2)13-25/h6-7,10,14,17H,5,8-9,11-13H2,1-4H3,(H2,21,22,23). The van der Waals surface area contributed by atoms with Gasteiger partial charge in [0.15, 0.2) is 5.96 Å². The molecule has 7 nitrogen and oxygen atoms in total. The molecule has 3 heterocycles. The SMILES string of the molecule is CCNC(=NCc1nc(C)c(C)o1)NCC(c1cccs1)N1CCOC(C)C1. The molecule has 2 aromatic heterocycles. The Morgan fingerprint density at radius 2 is 2.29 bits per heavy atom. The first-order valence-electron chi connectivity index (χ1n) is 9.91. The Hall–Kier alpha value is -1.90. The zero-order valence-corrected chi connectivity index (χ0v) is 18.0. The lowest BCUT2D eigenvalue weighted by atomic mass is 10.1. The van der Waals surface area contributed by atoms with Crippen LogP contribution in [0.3, 0.4) is 0 Å². The third-order valence-corrected chi connectivity index (χ3v) is 5.81. The predicted octanol–water partition coefficient (Wildman–Crippen LogP) is 2.87. The number of aryl methyl sites for hydroxylation is 2. The molecule has 0 amide bonds. The minimum Gasteiger partial charge on any atom is -0.444 e. The van der Waals surface area contributed by atoms with Crippen LogP contribution in [0.2, 0.25) is 0 Å². The van der Waals surface area contributed by atoms with Crippen molar-refractivity contribution in [3.8, 4) is 0 Å². The Balaban J connectivity index is 1.67. The number of nitrogens with one attached hydrogen (secondary N) is 2. The Morgan fingerprint density at radius 1 is 1.43 bits per heavy atom. The van der Waals surface area contributed by atoms with Crippen molar-refractivity contribution in [3.05, 3.63) is 39.7 Å². The van der Waals surface area contributed by atoms with Crippen LogP contribution in [0.5, 0.6) is 0 Å². The topological polar surface area (TPSA) is 74.9 Å². The summed E-state index contributed by atoms with van der Waals surface area (Å²) in [6.07, 6.45) is 0.259. The quantitative estimate of drug-likeness (QED) is 0.545. The fourth-order valence-electron chi connectivity index (χ4n) is 3.31. The number of hydrogen-bond donors (Lipinski definition) is 2. The summed E-state index contributed by atoms with van der Waals surface area (Å²) in [5, 5.41) is 8.96. The van der Waals surface area contributed by atoms with Gasteiger partial charge in [-0.15, -0.1) is 11.3 Å². The van der Waals surface area contributed by atoms with Crippen LogP contribution in [-0.4, -0.2) is 54.7 Å². The van der Waals surface area contributed by atoms with E-state index in [0.29, 0.717) is 18.5 Å². The molecule has 3 rings (SSSR count). The maximum atomic E-state index is 5.73. The van der Waals surface area contributed by atoms with Crippen molar-refractivity contribution in [1.82, 2.24) is 20.5 Å². The highest BCUT2D eigenvalue weighted by atomic mass is 32.1. The highest BCUT2D eigenvalue weighted by Crippen LogP contribution is 2.26. The minimum absolute atomic E-state index is 0.259. The van der Waals surface area contributed by atoms with Gasteiger partial charge in [0.1, 0.15) is 12.3 Å². The molecule has 0 saturated carbocycles. The first kappa shape index (κ1) is 20.8. The molecule has 1 aliphatic rings. The number of rotatable bonds is 7. The summed E-state index contributed by atoms with van der Waals surface area (Å²) in [5.41, 5.74) is 0.919. The summed E-state index contributed by atoms with van der Waals surface area (Å²) in [5.74, 6) is 2.27. The molecule has 0 radical (unpaired) electrons. The zero-order chi connectivity index (χ0) is 19.9. The molecule has 28 heavy (non-hydrogen) atoms. The van der Waals surface area contributed by atoms with Crippen LogP contribution < -0.4 is 10.6 Å². The van der Waals surface area contributed by atoms with E-state index in [1.807, 2.05) is 13.8 Å². The van der Waals surface area contributed by atoms with E-state index in [4.69, 9.17) is 9.15 Å². The van der Waals surface area contributed by atoms with Crippen molar-refractivity contribution >= 4 is 17.3 Å². The van der Waals surface area contributed by atoms with Crippen LogP contribution in [0.15, 0.2) is 26.9 Å². The van der Waals surface area contributed by atoms with Crippen molar-refractivity contribution in [2.24, 2.45) is 4.99 Å². The number of morpholine rings is 1. The fourth-order valence-corrected chi connectivity index (χ4v) is 4.17. The molecule has 2 N–H and O–H groups in total. The zero-order valence-electron chi connectivity index (χ0n) is 17.2. The van der Waals surface area contributed by atoms with Crippen molar-refractivity contribution in [2.75, 3.05) is 32.8 Å². The van der Waals surface area contributed by atoms with E-state index in [1.54, 1.807) is 11.3 Å². The first-order valence-corrected chi connectivity index (χ1v) is 10.8. The predicted molar refractivity (Wildman–Crippen MR) is 113 cm³/mol. The molecule has 0 aromatic carbocycles. The molecule has 2 aromatic rings. The Kier molecular flexibility index (Phi) is 7.47. The largest absolute Gasteiger partial charge is 0.444 e. The third-order valence-electron chi connectivity index (χ3n) is 4.84. The van der Waals surface area contributed by atoms with Gasteiger partial charge in [-0.2, -0.15) is 0 Å². The van der Waals surface area contributed by atoms with E-state index < -0.39 is 0 Å². The molecule has 1 aliphatic heterocycles. The maximum absolute atomic E-state index is 5.73. The molecule has 2 atom stereocenters. The molecule has 0 bridgehead atoms. The van der Waals surface area contributed by atoms with Gasteiger partial charge in [-0.05, 0) is 39.1 Å². The lowest BCUT2D eigenvalue weighted by Crippen LogP contribution is -2.48. The van der Waals surface area contributed by atoms with Crippen LogP contribution in [0.25, 0.3) is 0 Å². The number of hydrogen-bond acceptors (Lipinski definition) is 6. The summed E-state index contributed by atoms with van der Waals surface area (Å²) in [6, 6.07) is 4.62. The molecule has 1 fully saturated rings. The van der Waals surface area contributed by atoms with Crippen LogP contribution in [0.4, 0.5) is 0 Å². The Bertz CT molecular complexity index is 739. The summed E-state index contributed by atoms with van der Waals surface area (Å²) in [7, 11) is 0. The molecule has 2 unspecified atom stereocenters. The molecule has 154 valence electrons. The number of oxazole rings is 1. The van der Waals surface area contributed by atoms with Gasteiger partial charge in [0.25, 0.3) is 0 Å². The lowest BCUT2D eigenvalue weighted by molar-refractivity contribution is -0.0334. The second-order valence-corrected chi connectivity index (χ2v) is 8.01. The van der Waals surface area contributed by atoms with Gasteiger partial charge in [-0.3, -0.25) is 4.90 Å². The number of nitrogens with zero attached hydrogens (tertiary/aromatic N) is 3. The molecule has 8 heteroatoms. The van der Waals surface area contributed by atoms with Gasteiger partial charge in [-0.1, -0.05) is 6.07 Å². The second kappa shape index (κ2) is 10.0. The van der Waals surface area contributed by atoms with Crippen LogP contribution in [0, 0.1) is 13.8 Å². The third kappa shape index (κ3) is 5.56. The number of guanidine groups is 1. The van der Waals surface area contributed by atoms with E-state index in [0.717, 1.165) is 50.2 Å². The lowest BCUT2D eigenvalue weighted by Gasteiger charge is -2.37. The van der Waals surface area contributed by atoms with Crippen LogP contribution in [-0.2, 0) is 11.3 Å². The Morgan fingerprint density at radius 3 is 2.93 bits per heavy atom. The van der Waals surface area contributed by atoms with Gasteiger partial charge in [-0.25, -0.2) is 9.98 Å². The monoisotopic (exact) mass is 405 g/mol. The van der Waals surface area contributed by atoms with Gasteiger partial charge in [0.05, 0.1) is 24.4 Å². The summed E-state index contributed by atoms with van der Waals surface area (Å²) < 4.78 is 11.4. The first-order chi connectivity index (χ1) is 13.6. The highest BCUT2D eigenvalue weighted by Gasteiger charge is 2.26. The molecular formula is C20H31N5O2S. The van der Waals surface area contributed by atoms with Crippen LogP contribution in [0.1, 0.15) is 42.1 Å². The van der Waals surface area contributed by atoms with Crippen LogP contribution >= 0.6 is 11.3 Å². The number of ether oxygens (including phenoxy) is 1. The van der Waals surface area contributed by atoms with Crippen molar-refractivity contribution in [1.29, 1.82) is 0 Å². The smallest absolute Gasteiger partial charge is 0.216 e. The van der Waals surface area contributed by atoms with E-state index in [1.165, 1.54) is 4.88 Å². The van der Waals surface area contributed by atoms with Crippen molar-refractivity contribution in [2.45, 2.75) is 46.4 Å². The maximum Gasteiger partial charge on any atom is 0.216 e. The average Bonchev–Trinajstić information content (AvgIpc) is 3.30. The fraction of sp³-hybridized carbons (Fsp3) is 0.600. The van der Waals surface area contributed by atoms with E-state index in [2.05, 4.69) is 56.9 Å². The number of aliphatic imine (C=N–C) groups is 1. The average molecular weight is 406 g/mol. The van der Waals surface area contributed by atoms with E-state index in [-0.39, 0.29) is 6.10 Å². The van der Waals surface area contributed by atoms with E-state index >= 15 is 0 Å². The Labute approximate surface area is 171 Å². The number of aromatic nitrogens is 1. The summed E-state index contributed by atoms with van der Waals surface area (Å²) in [4.78, 5) is 12.9. The highest BCUT2D eigenvalue weighted by molar-refractivity contribution is 7.10. The molecule has 0 spiro atoms. The summed E-state index contributed by atoms with van der Waals surface area (Å²) >= 11 is 1.80. The van der Waals surface area contributed by atoms with Crippen molar-refractivity contribution in [3.63, 3.8) is 0 Å². The minimum atomic E-state index is 0.259. The van der Waals surface area contributed by atoms with Gasteiger partial charge < -0.3 is 19.8 Å². The number of thiophene rings is 1.